The zero-order valence-corrected chi connectivity index (χ0v) is 8.61. The minimum Gasteiger partial charge on any atom is -0.383 e. The van der Waals surface area contributed by atoms with E-state index in [1.165, 1.54) is 19.2 Å². The van der Waals surface area contributed by atoms with Gasteiger partial charge >= 0.3 is 0 Å². The second-order valence-electron chi connectivity index (χ2n) is 2.73. The fourth-order valence-electron chi connectivity index (χ4n) is 1.05. The Morgan fingerprint density at radius 3 is 2.47 bits per heavy atom. The van der Waals surface area contributed by atoms with Gasteiger partial charge in [0.05, 0.1) is 9.82 Å². The summed E-state index contributed by atoms with van der Waals surface area (Å²) < 4.78 is 21.9. The van der Waals surface area contributed by atoms with E-state index < -0.39 is 14.9 Å². The van der Waals surface area contributed by atoms with Crippen molar-refractivity contribution in [1.82, 2.24) is 0 Å². The van der Waals surface area contributed by atoms with Gasteiger partial charge in [0.15, 0.2) is 0 Å². The largest absolute Gasteiger partial charge is 0.383 e. The number of anilines is 1. The molecule has 0 fully saturated rings. The molecule has 3 N–H and O–H groups in total. The molecule has 15 heavy (non-hydrogen) atoms. The van der Waals surface area contributed by atoms with Gasteiger partial charge < -0.3 is 5.32 Å². The minimum atomic E-state index is -3.92. The van der Waals surface area contributed by atoms with E-state index in [-0.39, 0.29) is 16.3 Å². The molecular weight excluding hydrogens is 222 g/mol. The van der Waals surface area contributed by atoms with Gasteiger partial charge in [-0.25, -0.2) is 13.6 Å². The summed E-state index contributed by atoms with van der Waals surface area (Å²) in [5, 5.41) is 18.0. The maximum Gasteiger partial charge on any atom is 0.293 e. The number of sulfonamides is 1. The molecule has 8 heteroatoms. The van der Waals surface area contributed by atoms with Gasteiger partial charge in [-0.1, -0.05) is 0 Å². The monoisotopic (exact) mass is 231 g/mol. The van der Waals surface area contributed by atoms with Crippen LogP contribution >= 0.6 is 0 Å². The highest BCUT2D eigenvalue weighted by atomic mass is 32.2. The summed E-state index contributed by atoms with van der Waals surface area (Å²) in [6.07, 6.45) is 0. The SMILES string of the molecule is CNc1ccc(S(N)(=O)=O)cc1[N+](=O)[O-]. The number of primary sulfonamides is 1. The Labute approximate surface area is 86.1 Å². The van der Waals surface area contributed by atoms with Crippen molar-refractivity contribution in [2.45, 2.75) is 4.90 Å². The molecule has 0 aliphatic heterocycles. The normalized spacial score (nSPS) is 11.1. The van der Waals surface area contributed by atoms with E-state index in [9.17, 15) is 18.5 Å². The number of nitro groups is 1. The fourth-order valence-corrected chi connectivity index (χ4v) is 1.58. The van der Waals surface area contributed by atoms with E-state index in [0.717, 1.165) is 6.07 Å². The van der Waals surface area contributed by atoms with Gasteiger partial charge in [0.1, 0.15) is 5.69 Å². The second kappa shape index (κ2) is 3.83. The van der Waals surface area contributed by atoms with Crippen LogP contribution in [0.1, 0.15) is 0 Å². The lowest BCUT2D eigenvalue weighted by Crippen LogP contribution is -2.12. The van der Waals surface area contributed by atoms with Crippen LogP contribution in [0.15, 0.2) is 23.1 Å². The maximum absolute atomic E-state index is 10.9. The number of nitro benzene ring substituents is 1. The van der Waals surface area contributed by atoms with Gasteiger partial charge in [-0.15, -0.1) is 0 Å². The Balaban J connectivity index is 3.42. The highest BCUT2D eigenvalue weighted by molar-refractivity contribution is 7.89. The summed E-state index contributed by atoms with van der Waals surface area (Å²) in [7, 11) is -2.42. The van der Waals surface area contributed by atoms with Crippen LogP contribution in [0.2, 0.25) is 0 Å². The first-order valence-electron chi connectivity index (χ1n) is 3.85. The average Bonchev–Trinajstić information content (AvgIpc) is 2.15. The molecule has 0 bridgehead atoms. The number of benzene rings is 1. The molecule has 0 spiro atoms. The molecule has 0 aliphatic rings. The van der Waals surface area contributed by atoms with Crippen LogP contribution in [0, 0.1) is 10.1 Å². The van der Waals surface area contributed by atoms with Gasteiger partial charge in [-0.2, -0.15) is 0 Å². The summed E-state index contributed by atoms with van der Waals surface area (Å²) in [5.41, 5.74) is -0.101. The predicted octanol–water partition coefficient (Wildman–Crippen LogP) is 0.284. The molecule has 1 rings (SSSR count). The Kier molecular flexibility index (Phi) is 2.91. The summed E-state index contributed by atoms with van der Waals surface area (Å²) >= 11 is 0. The van der Waals surface area contributed by atoms with Crippen LogP contribution < -0.4 is 10.5 Å². The van der Waals surface area contributed by atoms with Crippen LogP contribution in [-0.4, -0.2) is 20.4 Å². The molecular formula is C7H9N3O4S. The third-order valence-electron chi connectivity index (χ3n) is 1.76. The van der Waals surface area contributed by atoms with Crippen molar-refractivity contribution in [1.29, 1.82) is 0 Å². The smallest absolute Gasteiger partial charge is 0.293 e. The Bertz CT molecular complexity index is 497. The van der Waals surface area contributed by atoms with E-state index in [1.54, 1.807) is 0 Å². The van der Waals surface area contributed by atoms with Crippen LogP contribution in [0.25, 0.3) is 0 Å². The minimum absolute atomic E-state index is 0.229. The molecule has 1 aromatic rings. The lowest BCUT2D eigenvalue weighted by atomic mass is 10.3. The molecule has 0 amide bonds. The van der Waals surface area contributed by atoms with E-state index in [1.807, 2.05) is 0 Å². The Morgan fingerprint density at radius 2 is 2.07 bits per heavy atom. The molecule has 0 heterocycles. The van der Waals surface area contributed by atoms with Crippen molar-refractivity contribution >= 4 is 21.4 Å². The van der Waals surface area contributed by atoms with Crippen molar-refractivity contribution in [3.8, 4) is 0 Å². The number of rotatable bonds is 3. The molecule has 1 aromatic carbocycles. The molecule has 0 aromatic heterocycles. The first-order chi connectivity index (χ1) is 6.86. The maximum atomic E-state index is 10.9. The first-order valence-corrected chi connectivity index (χ1v) is 5.40. The molecule has 0 saturated heterocycles. The van der Waals surface area contributed by atoms with Crippen molar-refractivity contribution < 1.29 is 13.3 Å². The number of nitrogens with zero attached hydrogens (tertiary/aromatic N) is 1. The molecule has 0 atom stereocenters. The van der Waals surface area contributed by atoms with E-state index in [4.69, 9.17) is 5.14 Å². The van der Waals surface area contributed by atoms with Gasteiger partial charge in [-0.05, 0) is 12.1 Å². The van der Waals surface area contributed by atoms with E-state index in [0.29, 0.717) is 0 Å². The van der Waals surface area contributed by atoms with Crippen molar-refractivity contribution in [3.63, 3.8) is 0 Å². The quantitative estimate of drug-likeness (QED) is 0.572. The lowest BCUT2D eigenvalue weighted by molar-refractivity contribution is -0.384. The predicted molar refractivity (Wildman–Crippen MR) is 54.0 cm³/mol. The van der Waals surface area contributed by atoms with Crippen molar-refractivity contribution in [3.05, 3.63) is 28.3 Å². The molecule has 7 nitrogen and oxygen atoms in total. The van der Waals surface area contributed by atoms with Crippen LogP contribution in [0.5, 0.6) is 0 Å². The molecule has 0 saturated carbocycles. The van der Waals surface area contributed by atoms with Crippen LogP contribution in [0.3, 0.4) is 0 Å². The van der Waals surface area contributed by atoms with Gasteiger partial charge in [0.2, 0.25) is 10.0 Å². The zero-order chi connectivity index (χ0) is 11.6. The molecule has 0 radical (unpaired) electrons. The second-order valence-corrected chi connectivity index (χ2v) is 4.29. The Hall–Kier alpha value is -1.67. The van der Waals surface area contributed by atoms with Gasteiger partial charge in [0.25, 0.3) is 5.69 Å². The number of hydrogen-bond acceptors (Lipinski definition) is 5. The van der Waals surface area contributed by atoms with Crippen molar-refractivity contribution in [2.75, 3.05) is 12.4 Å². The van der Waals surface area contributed by atoms with Crippen LogP contribution in [-0.2, 0) is 10.0 Å². The summed E-state index contributed by atoms with van der Waals surface area (Å²) in [5.74, 6) is 0. The summed E-state index contributed by atoms with van der Waals surface area (Å²) in [6, 6.07) is 3.41. The van der Waals surface area contributed by atoms with Crippen molar-refractivity contribution in [2.24, 2.45) is 5.14 Å². The molecule has 0 unspecified atom stereocenters. The lowest BCUT2D eigenvalue weighted by Gasteiger charge is -2.03. The Morgan fingerprint density at radius 1 is 1.47 bits per heavy atom. The third-order valence-corrected chi connectivity index (χ3v) is 2.67. The summed E-state index contributed by atoms with van der Waals surface area (Å²) in [6.45, 7) is 0. The average molecular weight is 231 g/mol. The fraction of sp³-hybridized carbons (Fsp3) is 0.143. The van der Waals surface area contributed by atoms with Gasteiger partial charge in [0, 0.05) is 13.1 Å². The molecule has 0 aliphatic carbocycles. The third kappa shape index (κ3) is 2.42. The standard InChI is InChI=1S/C7H9N3O4S/c1-9-6-3-2-5(15(8,13)14)4-7(6)10(11)12/h2-4,9H,1H3,(H2,8,13,14). The number of hydrogen-bond donors (Lipinski definition) is 2. The molecule has 82 valence electrons. The van der Waals surface area contributed by atoms with Gasteiger partial charge in [-0.3, -0.25) is 10.1 Å². The topological polar surface area (TPSA) is 115 Å². The highest BCUT2D eigenvalue weighted by Gasteiger charge is 2.17. The highest BCUT2D eigenvalue weighted by Crippen LogP contribution is 2.26. The number of nitrogens with two attached hydrogens (primary N) is 1. The first kappa shape index (κ1) is 11.4. The van der Waals surface area contributed by atoms with E-state index in [2.05, 4.69) is 5.32 Å². The zero-order valence-electron chi connectivity index (χ0n) is 7.80. The van der Waals surface area contributed by atoms with Crippen LogP contribution in [0.4, 0.5) is 11.4 Å². The number of nitrogens with one attached hydrogen (secondary N) is 1. The van der Waals surface area contributed by atoms with E-state index >= 15 is 0 Å². The summed E-state index contributed by atoms with van der Waals surface area (Å²) in [4.78, 5) is 9.63.